The van der Waals surface area contributed by atoms with Crippen molar-refractivity contribution in [1.82, 2.24) is 5.32 Å². The summed E-state index contributed by atoms with van der Waals surface area (Å²) in [6.45, 7) is 1.39. The zero-order chi connectivity index (χ0) is 13.0. The van der Waals surface area contributed by atoms with Gasteiger partial charge in [0.25, 0.3) is 0 Å². The monoisotopic (exact) mass is 289 g/mol. The fourth-order valence-electron chi connectivity index (χ4n) is 2.61. The molecule has 1 nitrogen and oxygen atoms in total. The maximum Gasteiger partial charge on any atom is 0.129 e. The Morgan fingerprint density at radius 2 is 2.00 bits per heavy atom. The van der Waals surface area contributed by atoms with E-state index in [1.54, 1.807) is 12.1 Å². The average molecular weight is 290 g/mol. The van der Waals surface area contributed by atoms with Crippen LogP contribution in [0.2, 0.25) is 5.02 Å². The molecule has 1 aromatic carbocycles. The van der Waals surface area contributed by atoms with Gasteiger partial charge in [-0.25, -0.2) is 4.39 Å². The molecule has 18 heavy (non-hydrogen) atoms. The highest BCUT2D eigenvalue weighted by atomic mass is 35.5. The average Bonchev–Trinajstić information content (AvgIpc) is 2.81. The van der Waals surface area contributed by atoms with Gasteiger partial charge in [-0.3, -0.25) is 0 Å². The van der Waals surface area contributed by atoms with Crippen molar-refractivity contribution in [2.24, 2.45) is 5.41 Å². The normalized spacial score (nSPS) is 18.2. The summed E-state index contributed by atoms with van der Waals surface area (Å²) in [5, 5.41) is 3.76. The van der Waals surface area contributed by atoms with Crippen molar-refractivity contribution in [2.75, 3.05) is 12.4 Å². The van der Waals surface area contributed by atoms with Gasteiger partial charge in [-0.15, -0.1) is 11.6 Å². The van der Waals surface area contributed by atoms with Crippen LogP contribution in [0.3, 0.4) is 0 Å². The maximum absolute atomic E-state index is 13.6. The molecule has 1 aliphatic rings. The number of alkyl halides is 1. The van der Waals surface area contributed by atoms with E-state index in [-0.39, 0.29) is 11.2 Å². The van der Waals surface area contributed by atoms with Crippen molar-refractivity contribution in [3.63, 3.8) is 0 Å². The molecular formula is C14H18Cl2FN. The lowest BCUT2D eigenvalue weighted by atomic mass is 9.88. The van der Waals surface area contributed by atoms with Crippen molar-refractivity contribution in [3.8, 4) is 0 Å². The summed E-state index contributed by atoms with van der Waals surface area (Å²) in [7, 11) is 0. The van der Waals surface area contributed by atoms with Gasteiger partial charge < -0.3 is 5.32 Å². The molecular weight excluding hydrogens is 272 g/mol. The van der Waals surface area contributed by atoms with Crippen LogP contribution in [0.4, 0.5) is 4.39 Å². The van der Waals surface area contributed by atoms with Crippen LogP contribution in [0.1, 0.15) is 31.2 Å². The van der Waals surface area contributed by atoms with Crippen LogP contribution in [0.5, 0.6) is 0 Å². The van der Waals surface area contributed by atoms with Crippen LogP contribution in [0.15, 0.2) is 18.2 Å². The minimum absolute atomic E-state index is 0.213. The molecule has 0 atom stereocenters. The van der Waals surface area contributed by atoms with Gasteiger partial charge in [0.2, 0.25) is 0 Å². The topological polar surface area (TPSA) is 12.0 Å². The van der Waals surface area contributed by atoms with Crippen molar-refractivity contribution in [1.29, 1.82) is 0 Å². The molecule has 2 rings (SSSR count). The van der Waals surface area contributed by atoms with E-state index in [4.69, 9.17) is 23.2 Å². The van der Waals surface area contributed by atoms with Crippen LogP contribution >= 0.6 is 23.2 Å². The zero-order valence-electron chi connectivity index (χ0n) is 10.3. The van der Waals surface area contributed by atoms with Crippen molar-refractivity contribution >= 4 is 23.2 Å². The first-order chi connectivity index (χ1) is 8.65. The van der Waals surface area contributed by atoms with Crippen LogP contribution in [-0.2, 0) is 6.54 Å². The second-order valence-electron chi connectivity index (χ2n) is 5.18. The van der Waals surface area contributed by atoms with Crippen LogP contribution in [0, 0.1) is 11.2 Å². The van der Waals surface area contributed by atoms with Gasteiger partial charge in [0.15, 0.2) is 0 Å². The van der Waals surface area contributed by atoms with E-state index in [1.807, 2.05) is 0 Å². The fraction of sp³-hybridized carbons (Fsp3) is 0.571. The Hall–Kier alpha value is -0.310. The molecule has 1 aromatic rings. The second kappa shape index (κ2) is 6.23. The molecule has 1 aliphatic carbocycles. The Balaban J connectivity index is 1.88. The lowest BCUT2D eigenvalue weighted by Gasteiger charge is -2.26. The highest BCUT2D eigenvalue weighted by Crippen LogP contribution is 2.38. The molecule has 0 unspecified atom stereocenters. The van der Waals surface area contributed by atoms with E-state index >= 15 is 0 Å². The molecule has 100 valence electrons. The van der Waals surface area contributed by atoms with Gasteiger partial charge >= 0.3 is 0 Å². The molecule has 0 spiro atoms. The first-order valence-electron chi connectivity index (χ1n) is 6.36. The molecule has 1 fully saturated rings. The van der Waals surface area contributed by atoms with E-state index in [2.05, 4.69) is 5.32 Å². The minimum atomic E-state index is -0.249. The van der Waals surface area contributed by atoms with Crippen molar-refractivity contribution in [3.05, 3.63) is 34.6 Å². The van der Waals surface area contributed by atoms with Gasteiger partial charge in [0.05, 0.1) is 0 Å². The molecule has 0 heterocycles. The lowest BCUT2D eigenvalue weighted by Crippen LogP contribution is -2.33. The van der Waals surface area contributed by atoms with E-state index in [9.17, 15) is 4.39 Å². The molecule has 4 heteroatoms. The summed E-state index contributed by atoms with van der Waals surface area (Å²) >= 11 is 11.8. The summed E-state index contributed by atoms with van der Waals surface area (Å²) in [6.07, 6.45) is 4.85. The fourth-order valence-corrected chi connectivity index (χ4v) is 3.13. The smallest absolute Gasteiger partial charge is 0.129 e. The van der Waals surface area contributed by atoms with Crippen LogP contribution in [-0.4, -0.2) is 12.4 Å². The summed E-state index contributed by atoms with van der Waals surface area (Å²) in [5.74, 6) is 0.435. The number of nitrogens with one attached hydrogen (secondary N) is 1. The zero-order valence-corrected chi connectivity index (χ0v) is 11.8. The molecule has 0 radical (unpaired) electrons. The quantitative estimate of drug-likeness (QED) is 0.794. The third-order valence-electron chi connectivity index (χ3n) is 3.78. The van der Waals surface area contributed by atoms with Crippen LogP contribution < -0.4 is 5.32 Å². The third-order valence-corrected chi connectivity index (χ3v) is 4.58. The number of rotatable bonds is 5. The Bertz CT molecular complexity index is 403. The lowest BCUT2D eigenvalue weighted by molar-refractivity contribution is 0.319. The first-order valence-corrected chi connectivity index (χ1v) is 7.27. The van der Waals surface area contributed by atoms with Gasteiger partial charge in [-0.2, -0.15) is 0 Å². The standard InChI is InChI=1S/C14H18Cl2FN/c15-9-14(5-1-2-6-14)10-18-8-11-3-4-12(16)7-13(11)17/h3-4,7,18H,1-2,5-6,8-10H2. The van der Waals surface area contributed by atoms with E-state index < -0.39 is 0 Å². The first kappa shape index (κ1) is 14.1. The maximum atomic E-state index is 13.6. The third kappa shape index (κ3) is 3.37. The number of hydrogen-bond donors (Lipinski definition) is 1. The van der Waals surface area contributed by atoms with Gasteiger partial charge in [0, 0.05) is 29.6 Å². The SMILES string of the molecule is Fc1cc(Cl)ccc1CNCC1(CCl)CCCC1. The molecule has 0 saturated heterocycles. The molecule has 0 amide bonds. The van der Waals surface area contributed by atoms with Gasteiger partial charge in [-0.1, -0.05) is 30.5 Å². The summed E-state index contributed by atoms with van der Waals surface area (Å²) in [4.78, 5) is 0. The molecule has 0 bridgehead atoms. The van der Waals surface area contributed by atoms with Gasteiger partial charge in [0.1, 0.15) is 5.82 Å². The van der Waals surface area contributed by atoms with E-state index in [0.29, 0.717) is 23.0 Å². The Labute approximate surface area is 118 Å². The van der Waals surface area contributed by atoms with Crippen molar-refractivity contribution in [2.45, 2.75) is 32.2 Å². The van der Waals surface area contributed by atoms with Crippen LogP contribution in [0.25, 0.3) is 0 Å². The summed E-state index contributed by atoms with van der Waals surface area (Å²) in [5.41, 5.74) is 0.867. The Morgan fingerprint density at radius 3 is 2.61 bits per heavy atom. The number of benzene rings is 1. The second-order valence-corrected chi connectivity index (χ2v) is 5.88. The summed E-state index contributed by atoms with van der Waals surface area (Å²) in [6, 6.07) is 4.80. The predicted molar refractivity (Wildman–Crippen MR) is 74.7 cm³/mol. The molecule has 1 saturated carbocycles. The molecule has 1 N–H and O–H groups in total. The van der Waals surface area contributed by atoms with E-state index in [0.717, 1.165) is 6.54 Å². The van der Waals surface area contributed by atoms with E-state index in [1.165, 1.54) is 31.7 Å². The summed E-state index contributed by atoms with van der Waals surface area (Å²) < 4.78 is 13.6. The highest BCUT2D eigenvalue weighted by molar-refractivity contribution is 6.30. The Morgan fingerprint density at radius 1 is 1.28 bits per heavy atom. The Kier molecular flexibility index (Phi) is 4.88. The molecule has 0 aliphatic heterocycles. The highest BCUT2D eigenvalue weighted by Gasteiger charge is 2.32. The largest absolute Gasteiger partial charge is 0.312 e. The van der Waals surface area contributed by atoms with Gasteiger partial charge in [-0.05, 0) is 30.4 Å². The molecule has 0 aromatic heterocycles. The van der Waals surface area contributed by atoms with Crippen molar-refractivity contribution < 1.29 is 4.39 Å². The number of halogens is 3. The number of hydrogen-bond acceptors (Lipinski definition) is 1. The minimum Gasteiger partial charge on any atom is -0.312 e. The predicted octanol–water partition coefficient (Wildman–Crippen LogP) is 4.37.